The summed E-state index contributed by atoms with van der Waals surface area (Å²) >= 11 is 0. The van der Waals surface area contributed by atoms with Crippen LogP contribution in [-0.4, -0.2) is 19.0 Å². The van der Waals surface area contributed by atoms with Gasteiger partial charge >= 0.3 is 0 Å². The van der Waals surface area contributed by atoms with Crippen molar-refractivity contribution < 1.29 is 13.5 Å². The van der Waals surface area contributed by atoms with Gasteiger partial charge in [-0.25, -0.2) is 8.78 Å². The highest BCUT2D eigenvalue weighted by atomic mass is 19.3. The molecular formula is C10H12F2N2O. The van der Waals surface area contributed by atoms with Crippen LogP contribution in [0.3, 0.4) is 0 Å². The van der Waals surface area contributed by atoms with E-state index in [1.807, 2.05) is 0 Å². The molecular weight excluding hydrogens is 202 g/mol. The van der Waals surface area contributed by atoms with Gasteiger partial charge in [-0.3, -0.25) is 0 Å². The Morgan fingerprint density at radius 2 is 2.07 bits per heavy atom. The maximum Gasteiger partial charge on any atom is 0.257 e. The molecule has 0 saturated carbocycles. The van der Waals surface area contributed by atoms with Crippen molar-refractivity contribution in [3.05, 3.63) is 35.3 Å². The van der Waals surface area contributed by atoms with Crippen molar-refractivity contribution in [3.63, 3.8) is 0 Å². The third-order valence-corrected chi connectivity index (χ3v) is 2.72. The first-order valence-corrected chi connectivity index (χ1v) is 4.87. The second-order valence-corrected chi connectivity index (χ2v) is 3.76. The number of piperidine rings is 1. The van der Waals surface area contributed by atoms with Crippen LogP contribution in [0.5, 0.6) is 0 Å². The molecule has 0 amide bonds. The fourth-order valence-corrected chi connectivity index (χ4v) is 1.84. The Morgan fingerprint density at radius 3 is 2.67 bits per heavy atom. The fourth-order valence-electron chi connectivity index (χ4n) is 1.84. The van der Waals surface area contributed by atoms with Gasteiger partial charge in [-0.05, 0) is 5.56 Å². The number of nitrogens with one attached hydrogen (secondary N) is 1. The van der Waals surface area contributed by atoms with Gasteiger partial charge in [0.15, 0.2) is 12.4 Å². The van der Waals surface area contributed by atoms with E-state index in [2.05, 4.69) is 5.32 Å². The minimum atomic E-state index is -2.68. The minimum Gasteiger partial charge on any atom is -0.619 e. The van der Waals surface area contributed by atoms with Crippen LogP contribution < -0.4 is 10.0 Å². The molecule has 0 aromatic carbocycles. The molecule has 15 heavy (non-hydrogen) atoms. The number of alkyl halides is 2. The van der Waals surface area contributed by atoms with Gasteiger partial charge in [0.1, 0.15) is 0 Å². The number of halogens is 2. The van der Waals surface area contributed by atoms with Crippen LogP contribution in [0.25, 0.3) is 0 Å². The molecule has 2 heterocycles. The molecule has 1 atom stereocenters. The topological polar surface area (TPSA) is 39.0 Å². The van der Waals surface area contributed by atoms with Gasteiger partial charge < -0.3 is 10.5 Å². The monoisotopic (exact) mass is 214 g/mol. The second kappa shape index (κ2) is 3.73. The van der Waals surface area contributed by atoms with Crippen molar-refractivity contribution in [1.29, 1.82) is 0 Å². The lowest BCUT2D eigenvalue weighted by atomic mass is 9.89. The predicted octanol–water partition coefficient (Wildman–Crippen LogP) is 1.03. The molecule has 3 nitrogen and oxygen atoms in total. The van der Waals surface area contributed by atoms with E-state index in [0.717, 1.165) is 0 Å². The summed E-state index contributed by atoms with van der Waals surface area (Å²) in [5.41, 5.74) is 0.513. The van der Waals surface area contributed by atoms with Crippen LogP contribution in [0, 0.1) is 5.21 Å². The molecule has 0 aliphatic carbocycles. The van der Waals surface area contributed by atoms with E-state index < -0.39 is 11.8 Å². The Morgan fingerprint density at radius 1 is 1.40 bits per heavy atom. The Labute approximate surface area is 86.3 Å². The SMILES string of the molecule is [O-][n+]1ccc([C@H]2CNCCC2(F)F)cc1. The number of rotatable bonds is 1. The van der Waals surface area contributed by atoms with E-state index in [1.54, 1.807) is 0 Å². The van der Waals surface area contributed by atoms with E-state index in [4.69, 9.17) is 0 Å². The number of aromatic nitrogens is 1. The van der Waals surface area contributed by atoms with Crippen molar-refractivity contribution in [3.8, 4) is 0 Å². The Bertz CT molecular complexity index is 340. The van der Waals surface area contributed by atoms with Gasteiger partial charge in [0, 0.05) is 31.6 Å². The van der Waals surface area contributed by atoms with Gasteiger partial charge in [0.2, 0.25) is 0 Å². The first kappa shape index (κ1) is 10.3. The summed E-state index contributed by atoms with van der Waals surface area (Å²) in [5, 5.41) is 13.7. The summed E-state index contributed by atoms with van der Waals surface area (Å²) in [7, 11) is 0. The summed E-state index contributed by atoms with van der Waals surface area (Å²) in [4.78, 5) is 0. The highest BCUT2D eigenvalue weighted by molar-refractivity contribution is 5.19. The van der Waals surface area contributed by atoms with E-state index in [-0.39, 0.29) is 13.0 Å². The molecule has 2 rings (SSSR count). The van der Waals surface area contributed by atoms with Gasteiger partial charge in [0.05, 0.1) is 5.92 Å². The molecule has 1 fully saturated rings. The standard InChI is InChI=1S/C10H12F2N2O/c11-10(12)3-4-13-7-9(10)8-1-5-14(15)6-2-8/h1-2,5-6,9,13H,3-4,7H2/t9-/m1/s1. The maximum absolute atomic E-state index is 13.5. The zero-order valence-electron chi connectivity index (χ0n) is 8.12. The summed E-state index contributed by atoms with van der Waals surface area (Å²) in [5.74, 6) is -3.51. The Balaban J connectivity index is 2.25. The van der Waals surface area contributed by atoms with Gasteiger partial charge in [-0.2, -0.15) is 4.73 Å². The zero-order valence-corrected chi connectivity index (χ0v) is 8.12. The summed E-state index contributed by atoms with van der Waals surface area (Å²) < 4.78 is 27.7. The van der Waals surface area contributed by atoms with Gasteiger partial charge in [-0.15, -0.1) is 0 Å². The Hall–Kier alpha value is -1.23. The molecule has 1 aliphatic rings. The van der Waals surface area contributed by atoms with E-state index >= 15 is 0 Å². The lowest BCUT2D eigenvalue weighted by molar-refractivity contribution is -0.605. The number of pyridine rings is 1. The summed E-state index contributed by atoms with van der Waals surface area (Å²) in [6.07, 6.45) is 2.35. The van der Waals surface area contributed by atoms with Crippen molar-refractivity contribution in [2.24, 2.45) is 0 Å². The lowest BCUT2D eigenvalue weighted by Crippen LogP contribution is -2.43. The first-order valence-electron chi connectivity index (χ1n) is 4.87. The molecule has 82 valence electrons. The van der Waals surface area contributed by atoms with Crippen molar-refractivity contribution in [2.75, 3.05) is 13.1 Å². The maximum atomic E-state index is 13.5. The van der Waals surface area contributed by atoms with Crippen LogP contribution >= 0.6 is 0 Å². The molecule has 1 aromatic rings. The average Bonchev–Trinajstić information content (AvgIpc) is 2.19. The minimum absolute atomic E-state index is 0.149. The molecule has 0 radical (unpaired) electrons. The number of hydrogen-bond acceptors (Lipinski definition) is 2. The third-order valence-electron chi connectivity index (χ3n) is 2.72. The van der Waals surface area contributed by atoms with E-state index in [9.17, 15) is 14.0 Å². The molecule has 0 spiro atoms. The van der Waals surface area contributed by atoms with Crippen LogP contribution in [0.4, 0.5) is 8.78 Å². The predicted molar refractivity (Wildman–Crippen MR) is 50.6 cm³/mol. The van der Waals surface area contributed by atoms with Crippen molar-refractivity contribution in [2.45, 2.75) is 18.3 Å². The van der Waals surface area contributed by atoms with Crippen molar-refractivity contribution >= 4 is 0 Å². The lowest BCUT2D eigenvalue weighted by Gasteiger charge is -2.31. The highest BCUT2D eigenvalue weighted by Crippen LogP contribution is 2.37. The van der Waals surface area contributed by atoms with E-state index in [1.165, 1.54) is 24.5 Å². The quantitative estimate of drug-likeness (QED) is 0.560. The van der Waals surface area contributed by atoms with Crippen LogP contribution in [0.1, 0.15) is 17.9 Å². The smallest absolute Gasteiger partial charge is 0.257 e. The average molecular weight is 214 g/mol. The van der Waals surface area contributed by atoms with Gasteiger partial charge in [-0.1, -0.05) is 0 Å². The molecule has 0 bridgehead atoms. The van der Waals surface area contributed by atoms with Gasteiger partial charge in [0.25, 0.3) is 5.92 Å². The highest BCUT2D eigenvalue weighted by Gasteiger charge is 2.42. The number of nitrogens with zero attached hydrogens (tertiary/aromatic N) is 1. The summed E-state index contributed by atoms with van der Waals surface area (Å²) in [6, 6.07) is 2.91. The van der Waals surface area contributed by atoms with E-state index in [0.29, 0.717) is 16.8 Å². The Kier molecular flexibility index (Phi) is 2.56. The van der Waals surface area contributed by atoms with Crippen LogP contribution in [0.15, 0.2) is 24.5 Å². The molecule has 5 heteroatoms. The first-order chi connectivity index (χ1) is 7.09. The van der Waals surface area contributed by atoms with Crippen LogP contribution in [-0.2, 0) is 0 Å². The normalized spacial score (nSPS) is 25.1. The molecule has 1 saturated heterocycles. The molecule has 0 unspecified atom stereocenters. The summed E-state index contributed by atoms with van der Waals surface area (Å²) in [6.45, 7) is 0.605. The fraction of sp³-hybridized carbons (Fsp3) is 0.500. The largest absolute Gasteiger partial charge is 0.619 e. The second-order valence-electron chi connectivity index (χ2n) is 3.76. The molecule has 1 aromatic heterocycles. The molecule has 1 N–H and O–H groups in total. The zero-order chi connectivity index (χ0) is 10.9. The third kappa shape index (κ3) is 2.07. The molecule has 1 aliphatic heterocycles. The van der Waals surface area contributed by atoms with Crippen molar-refractivity contribution in [1.82, 2.24) is 5.32 Å². The number of hydrogen-bond donors (Lipinski definition) is 1. The van der Waals surface area contributed by atoms with Crippen LogP contribution in [0.2, 0.25) is 0 Å².